The SMILES string of the molecule is CCC(C)(C(=O)OC(C)(C)C)C(F)(F)F. The lowest BCUT2D eigenvalue weighted by atomic mass is 9.86. The average Bonchev–Trinajstić information content (AvgIpc) is 1.97. The second-order valence-electron chi connectivity index (χ2n) is 4.69. The minimum atomic E-state index is -4.58. The molecule has 0 radical (unpaired) electrons. The third-order valence-corrected chi connectivity index (χ3v) is 2.18. The summed E-state index contributed by atoms with van der Waals surface area (Å²) in [5.74, 6) is -1.22. The second kappa shape index (κ2) is 4.02. The molecule has 90 valence electrons. The number of halogens is 3. The summed E-state index contributed by atoms with van der Waals surface area (Å²) in [7, 11) is 0. The normalized spacial score (nSPS) is 17.1. The van der Waals surface area contributed by atoms with Crippen LogP contribution in [0.2, 0.25) is 0 Å². The van der Waals surface area contributed by atoms with E-state index in [1.165, 1.54) is 27.7 Å². The summed E-state index contributed by atoms with van der Waals surface area (Å²) in [6.45, 7) is 6.80. The first kappa shape index (κ1) is 14.3. The molecule has 5 heteroatoms. The van der Waals surface area contributed by atoms with Crippen molar-refractivity contribution in [3.63, 3.8) is 0 Å². The van der Waals surface area contributed by atoms with E-state index in [0.29, 0.717) is 0 Å². The van der Waals surface area contributed by atoms with Gasteiger partial charge in [0.25, 0.3) is 0 Å². The molecule has 0 aliphatic rings. The Labute approximate surface area is 87.8 Å². The molecule has 0 fully saturated rings. The van der Waals surface area contributed by atoms with Crippen LogP contribution in [-0.4, -0.2) is 17.7 Å². The van der Waals surface area contributed by atoms with Crippen molar-refractivity contribution in [2.75, 3.05) is 0 Å². The molecule has 1 atom stereocenters. The molecule has 0 rings (SSSR count). The Bertz CT molecular complexity index is 240. The maximum Gasteiger partial charge on any atom is 0.404 e. The first-order valence-electron chi connectivity index (χ1n) is 4.74. The molecule has 2 nitrogen and oxygen atoms in total. The van der Waals surface area contributed by atoms with E-state index < -0.39 is 23.2 Å². The molecule has 0 amide bonds. The third-order valence-electron chi connectivity index (χ3n) is 2.18. The van der Waals surface area contributed by atoms with Gasteiger partial charge < -0.3 is 4.74 Å². The van der Waals surface area contributed by atoms with Gasteiger partial charge in [-0.1, -0.05) is 6.92 Å². The van der Waals surface area contributed by atoms with Crippen LogP contribution < -0.4 is 0 Å². The van der Waals surface area contributed by atoms with Gasteiger partial charge in [-0.25, -0.2) is 0 Å². The van der Waals surface area contributed by atoms with Crippen LogP contribution in [0.3, 0.4) is 0 Å². The zero-order chi connectivity index (χ0) is 12.5. The molecule has 0 heterocycles. The van der Waals surface area contributed by atoms with E-state index in [-0.39, 0.29) is 6.42 Å². The molecule has 0 aliphatic heterocycles. The largest absolute Gasteiger partial charge is 0.459 e. The Balaban J connectivity index is 4.92. The second-order valence-corrected chi connectivity index (χ2v) is 4.69. The summed E-state index contributed by atoms with van der Waals surface area (Å²) in [5.41, 5.74) is -3.32. The van der Waals surface area contributed by atoms with Gasteiger partial charge in [0.2, 0.25) is 0 Å². The number of hydrogen-bond donors (Lipinski definition) is 0. The maximum absolute atomic E-state index is 12.6. The molecule has 0 N–H and O–H groups in total. The summed E-state index contributed by atoms with van der Waals surface area (Å²) in [6.07, 6.45) is -4.91. The third kappa shape index (κ3) is 3.39. The van der Waals surface area contributed by atoms with Crippen molar-refractivity contribution in [3.8, 4) is 0 Å². The summed E-state index contributed by atoms with van der Waals surface area (Å²) in [4.78, 5) is 11.4. The van der Waals surface area contributed by atoms with Crippen LogP contribution >= 0.6 is 0 Å². The Morgan fingerprint density at radius 3 is 1.73 bits per heavy atom. The predicted octanol–water partition coefficient (Wildman–Crippen LogP) is 3.31. The molecule has 15 heavy (non-hydrogen) atoms. The highest BCUT2D eigenvalue weighted by atomic mass is 19.4. The van der Waals surface area contributed by atoms with Crippen LogP contribution in [0.25, 0.3) is 0 Å². The van der Waals surface area contributed by atoms with Crippen molar-refractivity contribution in [2.24, 2.45) is 5.41 Å². The van der Waals surface area contributed by atoms with Gasteiger partial charge in [0.1, 0.15) is 5.60 Å². The molecule has 0 aromatic rings. The number of hydrogen-bond acceptors (Lipinski definition) is 2. The molecular formula is C10H17F3O2. The topological polar surface area (TPSA) is 26.3 Å². The molecule has 0 spiro atoms. The lowest BCUT2D eigenvalue weighted by Crippen LogP contribution is -2.45. The fourth-order valence-corrected chi connectivity index (χ4v) is 0.851. The van der Waals surface area contributed by atoms with E-state index in [9.17, 15) is 18.0 Å². The van der Waals surface area contributed by atoms with Gasteiger partial charge in [-0.3, -0.25) is 4.79 Å². The fraction of sp³-hybridized carbons (Fsp3) is 0.900. The zero-order valence-corrected chi connectivity index (χ0v) is 9.66. The van der Waals surface area contributed by atoms with E-state index in [4.69, 9.17) is 4.74 Å². The molecule has 1 unspecified atom stereocenters. The number of esters is 1. The van der Waals surface area contributed by atoms with E-state index >= 15 is 0 Å². The van der Waals surface area contributed by atoms with Gasteiger partial charge in [-0.15, -0.1) is 0 Å². The minimum absolute atomic E-state index is 0.328. The summed E-state index contributed by atoms with van der Waals surface area (Å²) in [5, 5.41) is 0. The van der Waals surface area contributed by atoms with E-state index in [2.05, 4.69) is 0 Å². The van der Waals surface area contributed by atoms with E-state index in [0.717, 1.165) is 6.92 Å². The zero-order valence-electron chi connectivity index (χ0n) is 9.66. The standard InChI is InChI=1S/C10H17F3O2/c1-6-9(5,10(11,12)13)7(14)15-8(2,3)4/h6H2,1-5H3. The van der Waals surface area contributed by atoms with Crippen molar-refractivity contribution in [3.05, 3.63) is 0 Å². The lowest BCUT2D eigenvalue weighted by molar-refractivity contribution is -0.236. The van der Waals surface area contributed by atoms with Crippen LogP contribution in [0, 0.1) is 5.41 Å². The fourth-order valence-electron chi connectivity index (χ4n) is 0.851. The van der Waals surface area contributed by atoms with Crippen LogP contribution in [0.1, 0.15) is 41.0 Å². The first-order chi connectivity index (χ1) is 6.44. The van der Waals surface area contributed by atoms with Crippen LogP contribution in [0.15, 0.2) is 0 Å². The van der Waals surface area contributed by atoms with Gasteiger partial charge in [0.15, 0.2) is 5.41 Å². The van der Waals surface area contributed by atoms with Crippen molar-refractivity contribution >= 4 is 5.97 Å². The number of rotatable bonds is 2. The molecule has 0 aromatic carbocycles. The van der Waals surface area contributed by atoms with Crippen LogP contribution in [-0.2, 0) is 9.53 Å². The first-order valence-corrected chi connectivity index (χ1v) is 4.74. The molecule has 0 aliphatic carbocycles. The summed E-state index contributed by atoms with van der Waals surface area (Å²) < 4.78 is 42.6. The highest BCUT2D eigenvalue weighted by Crippen LogP contribution is 2.42. The van der Waals surface area contributed by atoms with Gasteiger partial charge in [0.05, 0.1) is 0 Å². The van der Waals surface area contributed by atoms with Crippen LogP contribution in [0.5, 0.6) is 0 Å². The monoisotopic (exact) mass is 226 g/mol. The lowest BCUT2D eigenvalue weighted by Gasteiger charge is -2.32. The van der Waals surface area contributed by atoms with Gasteiger partial charge in [-0.2, -0.15) is 13.2 Å². The maximum atomic E-state index is 12.6. The predicted molar refractivity (Wildman–Crippen MR) is 50.3 cm³/mol. The van der Waals surface area contributed by atoms with Crippen molar-refractivity contribution < 1.29 is 22.7 Å². The summed E-state index contributed by atoms with van der Waals surface area (Å²) >= 11 is 0. The van der Waals surface area contributed by atoms with Gasteiger partial charge in [0, 0.05) is 0 Å². The van der Waals surface area contributed by atoms with E-state index in [1.54, 1.807) is 0 Å². The summed E-state index contributed by atoms with van der Waals surface area (Å²) in [6, 6.07) is 0. The molecule has 0 saturated heterocycles. The number of alkyl halides is 3. The Kier molecular flexibility index (Phi) is 3.82. The smallest absolute Gasteiger partial charge is 0.404 e. The van der Waals surface area contributed by atoms with Gasteiger partial charge >= 0.3 is 12.1 Å². The van der Waals surface area contributed by atoms with Gasteiger partial charge in [-0.05, 0) is 34.1 Å². The van der Waals surface area contributed by atoms with E-state index in [1.807, 2.05) is 0 Å². The number of carbonyl (C=O) groups excluding carboxylic acids is 1. The number of carbonyl (C=O) groups is 1. The van der Waals surface area contributed by atoms with Crippen LogP contribution in [0.4, 0.5) is 13.2 Å². The molecule has 0 aromatic heterocycles. The minimum Gasteiger partial charge on any atom is -0.459 e. The quantitative estimate of drug-likeness (QED) is 0.675. The average molecular weight is 226 g/mol. The Morgan fingerprint density at radius 2 is 1.53 bits per heavy atom. The number of ether oxygens (including phenoxy) is 1. The van der Waals surface area contributed by atoms with Crippen molar-refractivity contribution in [2.45, 2.75) is 52.8 Å². The molecule has 0 bridgehead atoms. The Hall–Kier alpha value is -0.740. The molecule has 0 saturated carbocycles. The molecular weight excluding hydrogens is 209 g/mol. The van der Waals surface area contributed by atoms with Crippen molar-refractivity contribution in [1.29, 1.82) is 0 Å². The highest BCUT2D eigenvalue weighted by Gasteiger charge is 2.57. The highest BCUT2D eigenvalue weighted by molar-refractivity contribution is 5.77. The van der Waals surface area contributed by atoms with Crippen molar-refractivity contribution in [1.82, 2.24) is 0 Å². The Morgan fingerprint density at radius 1 is 1.13 bits per heavy atom.